The highest BCUT2D eigenvalue weighted by molar-refractivity contribution is 5.33. The Morgan fingerprint density at radius 1 is 1.12 bits per heavy atom. The van der Waals surface area contributed by atoms with E-state index in [0.717, 1.165) is 37.2 Å². The van der Waals surface area contributed by atoms with E-state index in [2.05, 4.69) is 24.3 Å². The van der Waals surface area contributed by atoms with Crippen LogP contribution in [0.2, 0.25) is 0 Å². The van der Waals surface area contributed by atoms with Crippen molar-refractivity contribution in [2.75, 3.05) is 19.8 Å². The van der Waals surface area contributed by atoms with Crippen molar-refractivity contribution in [3.8, 4) is 11.5 Å². The first-order valence-electron chi connectivity index (χ1n) is 9.46. The molecule has 3 rings (SSSR count). The van der Waals surface area contributed by atoms with Gasteiger partial charge in [0.15, 0.2) is 0 Å². The molecule has 2 aromatic rings. The van der Waals surface area contributed by atoms with Crippen LogP contribution in [0.4, 0.5) is 0 Å². The molecule has 3 N–H and O–H groups in total. The number of hydrogen-bond acceptors (Lipinski definition) is 4. The third-order valence-electron chi connectivity index (χ3n) is 5.19. The van der Waals surface area contributed by atoms with Crippen molar-refractivity contribution in [2.24, 2.45) is 5.73 Å². The normalized spacial score (nSPS) is 22.3. The molecule has 0 unspecified atom stereocenters. The molecule has 2 atom stereocenters. The smallest absolute Gasteiger partial charge is 0.122 e. The first kappa shape index (κ1) is 18.7. The second-order valence-corrected chi connectivity index (χ2v) is 7.21. The van der Waals surface area contributed by atoms with Crippen LogP contribution in [0.5, 0.6) is 11.5 Å². The minimum Gasteiger partial charge on any atom is -0.494 e. The monoisotopic (exact) mass is 355 g/mol. The van der Waals surface area contributed by atoms with Crippen molar-refractivity contribution < 1.29 is 14.6 Å². The second-order valence-electron chi connectivity index (χ2n) is 7.21. The summed E-state index contributed by atoms with van der Waals surface area (Å²) in [5.74, 6) is 2.13. The molecule has 0 amide bonds. The van der Waals surface area contributed by atoms with E-state index in [4.69, 9.17) is 15.2 Å². The number of aliphatic hydroxyl groups is 1. The lowest BCUT2D eigenvalue weighted by Gasteiger charge is -2.21. The van der Waals surface area contributed by atoms with Crippen molar-refractivity contribution in [3.63, 3.8) is 0 Å². The molecule has 1 fully saturated rings. The molecule has 0 spiro atoms. The first-order chi connectivity index (χ1) is 12.6. The molecule has 0 aliphatic heterocycles. The van der Waals surface area contributed by atoms with Crippen LogP contribution >= 0.6 is 0 Å². The highest BCUT2D eigenvalue weighted by Gasteiger charge is 2.35. The van der Waals surface area contributed by atoms with Crippen LogP contribution in [0.15, 0.2) is 48.5 Å². The topological polar surface area (TPSA) is 64.7 Å². The third kappa shape index (κ3) is 4.77. The standard InChI is InChI=1S/C22H29NO3/c1-2-25-20-4-3-5-21(14-20)26-13-11-17-6-8-18(9-7-17)19-10-12-22(23,15-19)16-24/h3-9,14,19,24H,2,10-13,15-16,23H2,1H3/t19-,22-/m1/s1. The van der Waals surface area contributed by atoms with Gasteiger partial charge < -0.3 is 20.3 Å². The van der Waals surface area contributed by atoms with E-state index in [-0.39, 0.29) is 6.61 Å². The van der Waals surface area contributed by atoms with E-state index >= 15 is 0 Å². The number of nitrogens with two attached hydrogens (primary N) is 1. The van der Waals surface area contributed by atoms with Crippen LogP contribution in [0.3, 0.4) is 0 Å². The maximum atomic E-state index is 9.43. The summed E-state index contributed by atoms with van der Waals surface area (Å²) in [6.07, 6.45) is 3.67. The highest BCUT2D eigenvalue weighted by Crippen LogP contribution is 2.39. The molecule has 1 saturated carbocycles. The van der Waals surface area contributed by atoms with Crippen molar-refractivity contribution in [2.45, 2.75) is 44.1 Å². The Hall–Kier alpha value is -2.04. The van der Waals surface area contributed by atoms with Gasteiger partial charge in [-0.05, 0) is 55.4 Å². The van der Waals surface area contributed by atoms with Gasteiger partial charge in [-0.2, -0.15) is 0 Å². The Balaban J connectivity index is 1.50. The molecule has 0 heterocycles. The summed E-state index contributed by atoms with van der Waals surface area (Å²) in [6.45, 7) is 3.33. The van der Waals surface area contributed by atoms with Gasteiger partial charge in [-0.3, -0.25) is 0 Å². The largest absolute Gasteiger partial charge is 0.494 e. The molecule has 1 aliphatic carbocycles. The summed E-state index contributed by atoms with van der Waals surface area (Å²) in [7, 11) is 0. The predicted molar refractivity (Wildman–Crippen MR) is 104 cm³/mol. The number of ether oxygens (including phenoxy) is 2. The van der Waals surface area contributed by atoms with Crippen LogP contribution in [0, 0.1) is 0 Å². The minimum atomic E-state index is -0.396. The number of rotatable bonds is 8. The zero-order valence-corrected chi connectivity index (χ0v) is 15.5. The molecule has 4 nitrogen and oxygen atoms in total. The van der Waals surface area contributed by atoms with E-state index in [1.165, 1.54) is 11.1 Å². The van der Waals surface area contributed by atoms with Gasteiger partial charge in [0.1, 0.15) is 11.5 Å². The van der Waals surface area contributed by atoms with Gasteiger partial charge in [0.25, 0.3) is 0 Å². The zero-order valence-electron chi connectivity index (χ0n) is 15.5. The predicted octanol–water partition coefficient (Wildman–Crippen LogP) is 3.66. The van der Waals surface area contributed by atoms with Crippen molar-refractivity contribution in [3.05, 3.63) is 59.7 Å². The summed E-state index contributed by atoms with van der Waals surface area (Å²) in [4.78, 5) is 0. The number of aliphatic hydroxyl groups excluding tert-OH is 1. The Labute approximate surface area is 155 Å². The average Bonchev–Trinajstić information content (AvgIpc) is 3.06. The Morgan fingerprint density at radius 3 is 2.50 bits per heavy atom. The van der Waals surface area contributed by atoms with Gasteiger partial charge in [0, 0.05) is 18.0 Å². The van der Waals surface area contributed by atoms with Gasteiger partial charge in [0.2, 0.25) is 0 Å². The summed E-state index contributed by atoms with van der Waals surface area (Å²) in [5, 5.41) is 9.43. The van der Waals surface area contributed by atoms with Gasteiger partial charge in [-0.25, -0.2) is 0 Å². The molecular weight excluding hydrogens is 326 g/mol. The van der Waals surface area contributed by atoms with Crippen molar-refractivity contribution in [1.29, 1.82) is 0 Å². The fraction of sp³-hybridized carbons (Fsp3) is 0.455. The summed E-state index contributed by atoms with van der Waals surface area (Å²) < 4.78 is 11.3. The summed E-state index contributed by atoms with van der Waals surface area (Å²) in [5.41, 5.74) is 8.37. The lowest BCUT2D eigenvalue weighted by atomic mass is 9.93. The van der Waals surface area contributed by atoms with E-state index in [0.29, 0.717) is 19.1 Å². The molecule has 0 aromatic heterocycles. The molecular formula is C22H29NO3. The van der Waals surface area contributed by atoms with Gasteiger partial charge in [-0.15, -0.1) is 0 Å². The molecule has 140 valence electrons. The fourth-order valence-electron chi connectivity index (χ4n) is 3.65. The van der Waals surface area contributed by atoms with E-state index in [9.17, 15) is 5.11 Å². The molecule has 0 bridgehead atoms. The van der Waals surface area contributed by atoms with Gasteiger partial charge in [-0.1, -0.05) is 30.3 Å². The zero-order chi connectivity index (χ0) is 18.4. The highest BCUT2D eigenvalue weighted by atomic mass is 16.5. The van der Waals surface area contributed by atoms with Crippen LogP contribution in [-0.4, -0.2) is 30.5 Å². The maximum absolute atomic E-state index is 9.43. The van der Waals surface area contributed by atoms with E-state index in [1.807, 2.05) is 31.2 Å². The molecule has 2 aromatic carbocycles. The average molecular weight is 355 g/mol. The number of benzene rings is 2. The minimum absolute atomic E-state index is 0.0728. The molecule has 0 saturated heterocycles. The first-order valence-corrected chi connectivity index (χ1v) is 9.46. The Morgan fingerprint density at radius 2 is 1.85 bits per heavy atom. The SMILES string of the molecule is CCOc1cccc(OCCc2ccc([C@@H]3CC[C@](N)(CO)C3)cc2)c1. The molecule has 4 heteroatoms. The molecule has 1 aliphatic rings. The lowest BCUT2D eigenvalue weighted by Crippen LogP contribution is -2.40. The van der Waals surface area contributed by atoms with Crippen molar-refractivity contribution in [1.82, 2.24) is 0 Å². The lowest BCUT2D eigenvalue weighted by molar-refractivity contribution is 0.198. The third-order valence-corrected chi connectivity index (χ3v) is 5.19. The van der Waals surface area contributed by atoms with Crippen LogP contribution in [0.25, 0.3) is 0 Å². The Bertz CT molecular complexity index is 701. The van der Waals surface area contributed by atoms with Gasteiger partial charge >= 0.3 is 0 Å². The van der Waals surface area contributed by atoms with Gasteiger partial charge in [0.05, 0.1) is 19.8 Å². The van der Waals surface area contributed by atoms with E-state index < -0.39 is 5.54 Å². The fourth-order valence-corrected chi connectivity index (χ4v) is 3.65. The van der Waals surface area contributed by atoms with Crippen LogP contribution < -0.4 is 15.2 Å². The second kappa shape index (κ2) is 8.56. The summed E-state index contributed by atoms with van der Waals surface area (Å²) >= 11 is 0. The Kier molecular flexibility index (Phi) is 6.17. The summed E-state index contributed by atoms with van der Waals surface area (Å²) in [6, 6.07) is 16.5. The molecule has 0 radical (unpaired) electrons. The van der Waals surface area contributed by atoms with Crippen LogP contribution in [0.1, 0.15) is 43.2 Å². The van der Waals surface area contributed by atoms with Crippen molar-refractivity contribution >= 4 is 0 Å². The molecule has 26 heavy (non-hydrogen) atoms. The quantitative estimate of drug-likeness (QED) is 0.758. The van der Waals surface area contributed by atoms with Crippen LogP contribution in [-0.2, 0) is 6.42 Å². The maximum Gasteiger partial charge on any atom is 0.122 e. The number of hydrogen-bond donors (Lipinski definition) is 2. The van der Waals surface area contributed by atoms with E-state index in [1.54, 1.807) is 0 Å².